The Balaban J connectivity index is 1.83. The molecule has 1 fully saturated rings. The van der Waals surface area contributed by atoms with Crippen molar-refractivity contribution in [3.63, 3.8) is 0 Å². The van der Waals surface area contributed by atoms with Gasteiger partial charge in [-0.3, -0.25) is 0 Å². The van der Waals surface area contributed by atoms with Crippen molar-refractivity contribution < 1.29 is 0 Å². The fourth-order valence-electron chi connectivity index (χ4n) is 1.38. The first-order valence-electron chi connectivity index (χ1n) is 4.88. The van der Waals surface area contributed by atoms with Gasteiger partial charge < -0.3 is 10.6 Å². The molecule has 2 N–H and O–H groups in total. The normalized spacial score (nSPS) is 24.1. The molecule has 0 aromatic heterocycles. The lowest BCUT2D eigenvalue weighted by molar-refractivity contribution is 0.820. The summed E-state index contributed by atoms with van der Waals surface area (Å²) >= 11 is 5.18. The first-order chi connectivity index (χ1) is 6.75. The highest BCUT2D eigenvalue weighted by Crippen LogP contribution is 2.28. The largest absolute Gasteiger partial charge is 0.359 e. The quantitative estimate of drug-likeness (QED) is 0.726. The van der Waals surface area contributed by atoms with E-state index in [9.17, 15) is 0 Å². The van der Waals surface area contributed by atoms with E-state index in [1.54, 1.807) is 0 Å². The van der Waals surface area contributed by atoms with Gasteiger partial charge in [0, 0.05) is 11.7 Å². The van der Waals surface area contributed by atoms with Crippen LogP contribution in [0.15, 0.2) is 30.3 Å². The first kappa shape index (κ1) is 9.46. The lowest BCUT2D eigenvalue weighted by Gasteiger charge is -2.09. The van der Waals surface area contributed by atoms with Crippen LogP contribution in [0.25, 0.3) is 0 Å². The minimum Gasteiger partial charge on any atom is -0.359 e. The minimum atomic E-state index is 0.582. The molecule has 2 nitrogen and oxygen atoms in total. The summed E-state index contributed by atoms with van der Waals surface area (Å²) in [6.45, 7) is 2.22. The Morgan fingerprint density at radius 2 is 2.00 bits per heavy atom. The molecule has 1 saturated carbocycles. The molecule has 0 aliphatic heterocycles. The molecular formula is C11H14N2S. The summed E-state index contributed by atoms with van der Waals surface area (Å²) in [5.74, 6) is 0.769. The average molecular weight is 206 g/mol. The molecule has 1 aliphatic rings. The zero-order valence-corrected chi connectivity index (χ0v) is 8.97. The van der Waals surface area contributed by atoms with E-state index in [0.717, 1.165) is 16.7 Å². The summed E-state index contributed by atoms with van der Waals surface area (Å²) in [5, 5.41) is 7.15. The molecule has 14 heavy (non-hydrogen) atoms. The highest BCUT2D eigenvalue weighted by atomic mass is 32.1. The Bertz CT molecular complexity index is 323. The van der Waals surface area contributed by atoms with E-state index in [2.05, 4.69) is 17.6 Å². The Kier molecular flexibility index (Phi) is 2.68. The number of para-hydroxylation sites is 1. The fraction of sp³-hybridized carbons (Fsp3) is 0.364. The van der Waals surface area contributed by atoms with Gasteiger partial charge in [-0.05, 0) is 36.7 Å². The van der Waals surface area contributed by atoms with Crippen molar-refractivity contribution in [1.82, 2.24) is 5.32 Å². The van der Waals surface area contributed by atoms with Crippen molar-refractivity contribution in [2.45, 2.75) is 19.4 Å². The van der Waals surface area contributed by atoms with E-state index in [1.807, 2.05) is 30.3 Å². The molecular weight excluding hydrogens is 192 g/mol. The van der Waals surface area contributed by atoms with Crippen LogP contribution in [0.4, 0.5) is 5.69 Å². The standard InChI is InChI=1S/C11H14N2S/c1-8-7-10(8)13-11(14)12-9-5-3-2-4-6-9/h2-6,8,10H,7H2,1H3,(H2,12,13,14). The topological polar surface area (TPSA) is 24.1 Å². The maximum Gasteiger partial charge on any atom is 0.171 e. The molecule has 2 unspecified atom stereocenters. The zero-order chi connectivity index (χ0) is 9.97. The van der Waals surface area contributed by atoms with Gasteiger partial charge in [0.2, 0.25) is 0 Å². The SMILES string of the molecule is CC1CC1NC(=S)Nc1ccccc1. The van der Waals surface area contributed by atoms with Crippen LogP contribution in [-0.2, 0) is 0 Å². The van der Waals surface area contributed by atoms with E-state index >= 15 is 0 Å². The number of thiocarbonyl (C=S) groups is 1. The van der Waals surface area contributed by atoms with Gasteiger partial charge in [0.05, 0.1) is 0 Å². The smallest absolute Gasteiger partial charge is 0.171 e. The number of anilines is 1. The Morgan fingerprint density at radius 3 is 2.57 bits per heavy atom. The summed E-state index contributed by atoms with van der Waals surface area (Å²) in [7, 11) is 0. The Hall–Kier alpha value is -1.09. The summed E-state index contributed by atoms with van der Waals surface area (Å²) < 4.78 is 0. The van der Waals surface area contributed by atoms with Crippen LogP contribution in [0.2, 0.25) is 0 Å². The van der Waals surface area contributed by atoms with Crippen molar-refractivity contribution in [2.75, 3.05) is 5.32 Å². The van der Waals surface area contributed by atoms with E-state index in [4.69, 9.17) is 12.2 Å². The third kappa shape index (κ3) is 2.45. The predicted octanol–water partition coefficient (Wildman–Crippen LogP) is 2.38. The molecule has 74 valence electrons. The summed E-state index contributed by atoms with van der Waals surface area (Å²) in [6.07, 6.45) is 1.23. The monoisotopic (exact) mass is 206 g/mol. The highest BCUT2D eigenvalue weighted by molar-refractivity contribution is 7.80. The van der Waals surface area contributed by atoms with Gasteiger partial charge in [0.15, 0.2) is 5.11 Å². The maximum absolute atomic E-state index is 5.18. The summed E-state index contributed by atoms with van der Waals surface area (Å²) in [6, 6.07) is 10.6. The van der Waals surface area contributed by atoms with Crippen LogP contribution in [0, 0.1) is 5.92 Å². The van der Waals surface area contributed by atoms with Gasteiger partial charge in [0.25, 0.3) is 0 Å². The molecule has 1 aliphatic carbocycles. The van der Waals surface area contributed by atoms with Crippen molar-refractivity contribution in [3.8, 4) is 0 Å². The highest BCUT2D eigenvalue weighted by Gasteiger charge is 2.32. The molecule has 1 aromatic carbocycles. The van der Waals surface area contributed by atoms with Gasteiger partial charge in [-0.15, -0.1) is 0 Å². The Morgan fingerprint density at radius 1 is 1.36 bits per heavy atom. The molecule has 0 amide bonds. The predicted molar refractivity (Wildman–Crippen MR) is 63.4 cm³/mol. The second kappa shape index (κ2) is 3.96. The van der Waals surface area contributed by atoms with Crippen molar-refractivity contribution in [1.29, 1.82) is 0 Å². The molecule has 2 atom stereocenters. The van der Waals surface area contributed by atoms with Crippen LogP contribution in [0.1, 0.15) is 13.3 Å². The molecule has 0 saturated heterocycles. The minimum absolute atomic E-state index is 0.582. The number of rotatable bonds is 2. The fourth-order valence-corrected chi connectivity index (χ4v) is 1.65. The summed E-state index contributed by atoms with van der Waals surface area (Å²) in [5.41, 5.74) is 1.04. The number of benzene rings is 1. The molecule has 0 bridgehead atoms. The molecule has 2 rings (SSSR count). The van der Waals surface area contributed by atoms with Gasteiger partial charge in [0.1, 0.15) is 0 Å². The number of nitrogens with one attached hydrogen (secondary N) is 2. The van der Waals surface area contributed by atoms with Crippen molar-refractivity contribution >= 4 is 23.0 Å². The number of hydrogen-bond acceptors (Lipinski definition) is 1. The molecule has 0 heterocycles. The van der Waals surface area contributed by atoms with Crippen molar-refractivity contribution in [2.24, 2.45) is 5.92 Å². The third-order valence-electron chi connectivity index (χ3n) is 2.46. The summed E-state index contributed by atoms with van der Waals surface area (Å²) in [4.78, 5) is 0. The van der Waals surface area contributed by atoms with Crippen LogP contribution in [0.3, 0.4) is 0 Å². The third-order valence-corrected chi connectivity index (χ3v) is 2.68. The molecule has 3 heteroatoms. The molecule has 1 aromatic rings. The van der Waals surface area contributed by atoms with Crippen LogP contribution < -0.4 is 10.6 Å². The van der Waals surface area contributed by atoms with Crippen LogP contribution in [-0.4, -0.2) is 11.2 Å². The van der Waals surface area contributed by atoms with Gasteiger partial charge in [-0.2, -0.15) is 0 Å². The van der Waals surface area contributed by atoms with E-state index < -0.39 is 0 Å². The van der Waals surface area contributed by atoms with Crippen LogP contribution in [0.5, 0.6) is 0 Å². The molecule has 0 spiro atoms. The average Bonchev–Trinajstić information content (AvgIpc) is 2.83. The van der Waals surface area contributed by atoms with Gasteiger partial charge in [-0.1, -0.05) is 25.1 Å². The molecule has 0 radical (unpaired) electrons. The lowest BCUT2D eigenvalue weighted by Crippen LogP contribution is -2.30. The maximum atomic E-state index is 5.18. The zero-order valence-electron chi connectivity index (χ0n) is 8.16. The second-order valence-corrected chi connectivity index (χ2v) is 4.19. The Labute approximate surface area is 89.7 Å². The van der Waals surface area contributed by atoms with Gasteiger partial charge >= 0.3 is 0 Å². The number of hydrogen-bond donors (Lipinski definition) is 2. The van der Waals surface area contributed by atoms with E-state index in [-0.39, 0.29) is 0 Å². The van der Waals surface area contributed by atoms with Crippen molar-refractivity contribution in [3.05, 3.63) is 30.3 Å². The lowest BCUT2D eigenvalue weighted by atomic mass is 10.3. The second-order valence-electron chi connectivity index (χ2n) is 3.78. The van der Waals surface area contributed by atoms with Gasteiger partial charge in [-0.25, -0.2) is 0 Å². The van der Waals surface area contributed by atoms with E-state index in [0.29, 0.717) is 6.04 Å². The first-order valence-corrected chi connectivity index (χ1v) is 5.29. The van der Waals surface area contributed by atoms with Crippen LogP contribution >= 0.6 is 12.2 Å². The van der Waals surface area contributed by atoms with E-state index in [1.165, 1.54) is 6.42 Å².